The minimum atomic E-state index is -1.55. The fourth-order valence-corrected chi connectivity index (χ4v) is 3.14. The second-order valence-electron chi connectivity index (χ2n) is 5.51. The summed E-state index contributed by atoms with van der Waals surface area (Å²) in [6.07, 6.45) is -0.817. The molecule has 2 aliphatic heterocycles. The van der Waals surface area contributed by atoms with Gasteiger partial charge in [0, 0.05) is 11.1 Å². The van der Waals surface area contributed by atoms with E-state index >= 15 is 0 Å². The number of hydrogen-bond acceptors (Lipinski definition) is 5. The van der Waals surface area contributed by atoms with Crippen LogP contribution in [0.5, 0.6) is 0 Å². The van der Waals surface area contributed by atoms with Crippen LogP contribution in [0.4, 0.5) is 4.79 Å². The van der Waals surface area contributed by atoms with Gasteiger partial charge in [-0.2, -0.15) is 9.78 Å². The van der Waals surface area contributed by atoms with Crippen LogP contribution in [0, 0.1) is 0 Å². The lowest BCUT2D eigenvalue weighted by Crippen LogP contribution is -2.66. The standard InChI is InChI=1S/C17H13NO6/c19-14(20)11-18-15(21)22-17(13-9-5-2-6-10-13)16(18,23-24-17)12-7-3-1-4-8-12/h1-10H,11H2,(H,19,20). The number of carboxylic acids is 1. The van der Waals surface area contributed by atoms with E-state index in [0.29, 0.717) is 11.1 Å². The Labute approximate surface area is 136 Å². The van der Waals surface area contributed by atoms with Gasteiger partial charge in [-0.1, -0.05) is 60.7 Å². The molecule has 0 bridgehead atoms. The number of nitrogens with zero attached hydrogens (tertiary/aromatic N) is 1. The molecule has 0 aromatic heterocycles. The molecule has 1 amide bonds. The molecule has 7 nitrogen and oxygen atoms in total. The first-order valence-corrected chi connectivity index (χ1v) is 7.30. The first kappa shape index (κ1) is 14.7. The second kappa shape index (κ2) is 5.05. The van der Waals surface area contributed by atoms with E-state index in [4.69, 9.17) is 14.5 Å². The number of aliphatic carboxylic acids is 1. The maximum atomic E-state index is 12.4. The highest BCUT2D eigenvalue weighted by atomic mass is 17.3. The molecule has 2 heterocycles. The van der Waals surface area contributed by atoms with Crippen molar-refractivity contribution >= 4 is 12.1 Å². The minimum Gasteiger partial charge on any atom is -0.480 e. The molecule has 0 spiro atoms. The van der Waals surface area contributed by atoms with Crippen LogP contribution >= 0.6 is 0 Å². The zero-order valence-corrected chi connectivity index (χ0v) is 12.4. The lowest BCUT2D eigenvalue weighted by molar-refractivity contribution is -0.624. The largest absolute Gasteiger partial charge is 0.480 e. The first-order chi connectivity index (χ1) is 11.6. The molecule has 7 heteroatoms. The Kier molecular flexibility index (Phi) is 3.09. The number of benzene rings is 2. The molecule has 4 rings (SSSR count). The Balaban J connectivity index is 1.92. The summed E-state index contributed by atoms with van der Waals surface area (Å²) in [5.41, 5.74) is -0.376. The molecular formula is C17H13NO6. The predicted molar refractivity (Wildman–Crippen MR) is 79.2 cm³/mol. The van der Waals surface area contributed by atoms with E-state index in [1.54, 1.807) is 48.5 Å². The molecule has 2 unspecified atom stereocenters. The summed E-state index contributed by atoms with van der Waals surface area (Å²) < 4.78 is 5.48. The van der Waals surface area contributed by atoms with Crippen LogP contribution in [0.3, 0.4) is 0 Å². The Hall–Kier alpha value is -2.90. The van der Waals surface area contributed by atoms with Gasteiger partial charge in [0.1, 0.15) is 6.54 Å². The van der Waals surface area contributed by atoms with Crippen molar-refractivity contribution in [2.45, 2.75) is 11.5 Å². The van der Waals surface area contributed by atoms with E-state index in [1.807, 2.05) is 12.1 Å². The third-order valence-corrected chi connectivity index (χ3v) is 4.17. The van der Waals surface area contributed by atoms with Gasteiger partial charge in [-0.05, 0) is 0 Å². The topological polar surface area (TPSA) is 85.3 Å². The van der Waals surface area contributed by atoms with E-state index in [1.165, 1.54) is 0 Å². The molecule has 2 aromatic rings. The van der Waals surface area contributed by atoms with Gasteiger partial charge in [0.2, 0.25) is 0 Å². The fourth-order valence-electron chi connectivity index (χ4n) is 3.14. The highest BCUT2D eigenvalue weighted by molar-refractivity contribution is 5.80. The highest BCUT2D eigenvalue weighted by Crippen LogP contribution is 2.61. The normalized spacial score (nSPS) is 28.0. The first-order valence-electron chi connectivity index (χ1n) is 7.30. The summed E-state index contributed by atoms with van der Waals surface area (Å²) in [5, 5.41) is 9.19. The van der Waals surface area contributed by atoms with Gasteiger partial charge in [0.25, 0.3) is 5.72 Å². The van der Waals surface area contributed by atoms with Crippen LogP contribution < -0.4 is 0 Å². The van der Waals surface area contributed by atoms with Gasteiger partial charge in [-0.15, -0.1) is 0 Å². The molecule has 2 aliphatic rings. The maximum Gasteiger partial charge on any atom is 0.416 e. The monoisotopic (exact) mass is 327 g/mol. The Bertz CT molecular complexity index is 795. The summed E-state index contributed by atoms with van der Waals surface area (Å²) in [4.78, 5) is 35.4. The van der Waals surface area contributed by atoms with Crippen molar-refractivity contribution in [2.75, 3.05) is 6.54 Å². The van der Waals surface area contributed by atoms with Crippen LogP contribution in [-0.4, -0.2) is 28.6 Å². The average Bonchev–Trinajstić information content (AvgIpc) is 2.74. The zero-order chi connectivity index (χ0) is 16.8. The highest BCUT2D eigenvalue weighted by Gasteiger charge is 2.79. The average molecular weight is 327 g/mol. The van der Waals surface area contributed by atoms with E-state index in [2.05, 4.69) is 0 Å². The molecule has 2 atom stereocenters. The van der Waals surface area contributed by atoms with E-state index in [9.17, 15) is 14.7 Å². The van der Waals surface area contributed by atoms with Crippen LogP contribution in [0.1, 0.15) is 11.1 Å². The van der Waals surface area contributed by atoms with Crippen molar-refractivity contribution in [1.82, 2.24) is 4.90 Å². The number of carboxylic acid groups (broad SMARTS) is 1. The van der Waals surface area contributed by atoms with Gasteiger partial charge in [-0.3, -0.25) is 9.69 Å². The number of rotatable bonds is 4. The number of ether oxygens (including phenoxy) is 1. The SMILES string of the molecule is O=C(O)CN1C(=O)OC2(c3ccccc3)OOC12c1ccccc1. The quantitative estimate of drug-likeness (QED) is 0.867. The predicted octanol–water partition coefficient (Wildman–Crippen LogP) is 2.19. The molecule has 0 radical (unpaired) electrons. The van der Waals surface area contributed by atoms with Crippen molar-refractivity contribution in [3.8, 4) is 0 Å². The molecule has 2 aromatic carbocycles. The smallest absolute Gasteiger partial charge is 0.416 e. The lowest BCUT2D eigenvalue weighted by Gasteiger charge is -2.50. The Morgan fingerprint density at radius 3 is 2.04 bits per heavy atom. The molecule has 1 N–H and O–H groups in total. The molecule has 2 saturated heterocycles. The lowest BCUT2D eigenvalue weighted by atomic mass is 9.86. The fraction of sp³-hybridized carbons (Fsp3) is 0.176. The van der Waals surface area contributed by atoms with Crippen LogP contribution in [0.15, 0.2) is 60.7 Å². The zero-order valence-electron chi connectivity index (χ0n) is 12.4. The van der Waals surface area contributed by atoms with Crippen LogP contribution in [-0.2, 0) is 30.8 Å². The molecule has 0 aliphatic carbocycles. The summed E-state index contributed by atoms with van der Waals surface area (Å²) in [7, 11) is 0. The van der Waals surface area contributed by atoms with Crippen molar-refractivity contribution < 1.29 is 29.2 Å². The van der Waals surface area contributed by atoms with Crippen molar-refractivity contribution in [1.29, 1.82) is 0 Å². The molecular weight excluding hydrogens is 314 g/mol. The maximum absolute atomic E-state index is 12.4. The van der Waals surface area contributed by atoms with Gasteiger partial charge in [0.05, 0.1) is 0 Å². The third-order valence-electron chi connectivity index (χ3n) is 4.17. The van der Waals surface area contributed by atoms with Crippen molar-refractivity contribution in [3.63, 3.8) is 0 Å². The van der Waals surface area contributed by atoms with E-state index < -0.39 is 30.1 Å². The number of amides is 1. The summed E-state index contributed by atoms with van der Waals surface area (Å²) in [6, 6.07) is 17.6. The minimum absolute atomic E-state index is 0.557. The Morgan fingerprint density at radius 2 is 1.54 bits per heavy atom. The van der Waals surface area contributed by atoms with Gasteiger partial charge in [-0.25, -0.2) is 4.79 Å². The summed E-state index contributed by atoms with van der Waals surface area (Å²) in [5.74, 6) is -2.73. The van der Waals surface area contributed by atoms with Crippen molar-refractivity contribution in [3.05, 3.63) is 71.8 Å². The number of fused-ring (bicyclic) bond motifs is 1. The van der Waals surface area contributed by atoms with E-state index in [-0.39, 0.29) is 0 Å². The van der Waals surface area contributed by atoms with Crippen LogP contribution in [0.25, 0.3) is 0 Å². The van der Waals surface area contributed by atoms with E-state index in [0.717, 1.165) is 4.90 Å². The van der Waals surface area contributed by atoms with Gasteiger partial charge >= 0.3 is 17.8 Å². The summed E-state index contributed by atoms with van der Waals surface area (Å²) in [6.45, 7) is -0.578. The number of carbonyl (C=O) groups excluding carboxylic acids is 1. The Morgan fingerprint density at radius 1 is 0.958 bits per heavy atom. The molecule has 24 heavy (non-hydrogen) atoms. The summed E-state index contributed by atoms with van der Waals surface area (Å²) >= 11 is 0. The molecule has 0 saturated carbocycles. The number of hydrogen-bond donors (Lipinski definition) is 1. The van der Waals surface area contributed by atoms with Gasteiger partial charge in [0.15, 0.2) is 0 Å². The number of carbonyl (C=O) groups is 2. The molecule has 122 valence electrons. The molecule has 2 fully saturated rings. The van der Waals surface area contributed by atoms with Gasteiger partial charge < -0.3 is 9.84 Å². The van der Waals surface area contributed by atoms with Crippen LogP contribution in [0.2, 0.25) is 0 Å². The third kappa shape index (κ3) is 1.73. The second-order valence-corrected chi connectivity index (χ2v) is 5.51. The van der Waals surface area contributed by atoms with Crippen molar-refractivity contribution in [2.24, 2.45) is 0 Å².